The first-order valence-electron chi connectivity index (χ1n) is 2.67. The topological polar surface area (TPSA) is 45.8 Å². The summed E-state index contributed by atoms with van der Waals surface area (Å²) in [6.07, 6.45) is 3.49. The predicted molar refractivity (Wildman–Crippen MR) is 41.4 cm³/mol. The van der Waals surface area contributed by atoms with Crippen LogP contribution in [-0.2, 0) is 19.7 Å². The van der Waals surface area contributed by atoms with E-state index in [2.05, 4.69) is 9.97 Å². The van der Waals surface area contributed by atoms with Crippen molar-refractivity contribution >= 4 is 25.8 Å². The van der Waals surface area contributed by atoms with Crippen LogP contribution in [0.2, 0.25) is 0 Å². The maximum atomic E-state index is 10.4. The van der Waals surface area contributed by atoms with E-state index in [-0.39, 0.29) is 9.45 Å². The summed E-state index contributed by atoms with van der Waals surface area (Å²) in [5.74, 6) is 0. The fraction of sp³-hybridized carbons (Fsp3) is 0. The van der Waals surface area contributed by atoms with Crippen LogP contribution in [0.15, 0.2) is 16.8 Å². The molecule has 2 heterocycles. The largest absolute Gasteiger partial charge is 0.339 e. The Morgan fingerprint density at radius 1 is 1.70 bits per heavy atom. The molecule has 1 unspecified atom stereocenters. The highest BCUT2D eigenvalue weighted by molar-refractivity contribution is 8.33. The summed E-state index contributed by atoms with van der Waals surface area (Å²) in [6.45, 7) is 0. The van der Waals surface area contributed by atoms with E-state index >= 15 is 0 Å². The van der Waals surface area contributed by atoms with Crippen molar-refractivity contribution in [3.8, 4) is 0 Å². The highest BCUT2D eigenvalue weighted by Gasteiger charge is 2.11. The van der Waals surface area contributed by atoms with Gasteiger partial charge in [-0.15, -0.1) is 0 Å². The monoisotopic (exact) mass is 172 g/mol. The lowest BCUT2D eigenvalue weighted by molar-refractivity contribution is 0.701. The molecular weight excluding hydrogens is 168 g/mol. The normalized spacial score (nSPS) is 21.0. The van der Waals surface area contributed by atoms with Crippen LogP contribution in [0.5, 0.6) is 0 Å². The van der Waals surface area contributed by atoms with Gasteiger partial charge in [-0.2, -0.15) is 0 Å². The zero-order valence-electron chi connectivity index (χ0n) is 4.90. The quantitative estimate of drug-likeness (QED) is 0.619. The first-order valence-corrected chi connectivity index (χ1v) is 5.21. The van der Waals surface area contributed by atoms with E-state index in [9.17, 15) is 4.21 Å². The van der Waals surface area contributed by atoms with Gasteiger partial charge in [-0.25, -0.2) is 9.19 Å². The van der Waals surface area contributed by atoms with Crippen molar-refractivity contribution in [2.45, 2.75) is 5.03 Å². The zero-order valence-corrected chi connectivity index (χ0v) is 6.54. The third kappa shape index (κ3) is 0.708. The van der Waals surface area contributed by atoms with Gasteiger partial charge >= 0.3 is 0 Å². The van der Waals surface area contributed by atoms with Crippen LogP contribution in [0.1, 0.15) is 5.69 Å². The van der Waals surface area contributed by atoms with Crippen molar-refractivity contribution in [2.24, 2.45) is 0 Å². The lowest BCUT2D eigenvalue weighted by Gasteiger charge is -1.84. The molecule has 1 aliphatic heterocycles. The molecule has 0 fully saturated rings. The third-order valence-corrected chi connectivity index (χ3v) is 3.79. The summed E-state index contributed by atoms with van der Waals surface area (Å²) in [5, 5.41) is 2.84. The molecule has 0 aromatic carbocycles. The summed E-state index contributed by atoms with van der Waals surface area (Å²) in [7, 11) is 0.284. The predicted octanol–water partition coefficient (Wildman–Crippen LogP) is 0.499. The highest BCUT2D eigenvalue weighted by Crippen LogP contribution is 2.18. The highest BCUT2D eigenvalue weighted by atomic mass is 32.8. The minimum atomic E-state index is -0.316. The average Bonchev–Trinajstić information content (AvgIpc) is 2.44. The molecule has 1 aliphatic rings. The first-order chi connectivity index (χ1) is 4.92. The number of hydrogen-bond acceptors (Lipinski definition) is 2. The number of hydrogen-bond donors (Lipinski definition) is 1. The Bertz CT molecular complexity index is 348. The lowest BCUT2D eigenvalue weighted by Crippen LogP contribution is -1.81. The molecule has 2 rings (SSSR count). The number of nitrogens with one attached hydrogen (secondary N) is 1. The molecule has 52 valence electrons. The van der Waals surface area contributed by atoms with Gasteiger partial charge in [0.1, 0.15) is 15.3 Å². The van der Waals surface area contributed by atoms with Crippen molar-refractivity contribution in [1.29, 1.82) is 0 Å². The van der Waals surface area contributed by atoms with Crippen molar-refractivity contribution in [3.63, 3.8) is 0 Å². The van der Waals surface area contributed by atoms with E-state index in [1.54, 1.807) is 6.33 Å². The molecule has 5 heteroatoms. The number of rotatable bonds is 0. The summed E-state index contributed by atoms with van der Waals surface area (Å²) < 4.78 is 10.4. The van der Waals surface area contributed by atoms with Crippen molar-refractivity contribution in [3.05, 3.63) is 17.4 Å². The van der Waals surface area contributed by atoms with Crippen LogP contribution >= 0.6 is 0 Å². The van der Waals surface area contributed by atoms with Gasteiger partial charge in [-0.05, 0) is 20.9 Å². The standard InChI is InChI=1S/C5H4N2OS2/c8-9-10-2-1-4-5(10)7-3-6-4/h1-3H,(H,6,7). The van der Waals surface area contributed by atoms with Gasteiger partial charge in [0.15, 0.2) is 0 Å². The maximum Gasteiger partial charge on any atom is 0.131 e. The first kappa shape index (κ1) is 6.06. The Labute approximate surface area is 62.8 Å². The molecule has 0 aliphatic carbocycles. The van der Waals surface area contributed by atoms with Crippen LogP contribution < -0.4 is 0 Å². The molecule has 0 amide bonds. The van der Waals surface area contributed by atoms with Crippen molar-refractivity contribution in [2.75, 3.05) is 0 Å². The minimum Gasteiger partial charge on any atom is -0.339 e. The van der Waals surface area contributed by atoms with Crippen LogP contribution in [0, 0.1) is 0 Å². The second kappa shape index (κ2) is 2.17. The van der Waals surface area contributed by atoms with E-state index in [0.29, 0.717) is 10.2 Å². The molecule has 0 spiro atoms. The second-order valence-electron chi connectivity index (χ2n) is 1.79. The van der Waals surface area contributed by atoms with E-state index in [1.165, 1.54) is 0 Å². The zero-order chi connectivity index (χ0) is 6.97. The van der Waals surface area contributed by atoms with E-state index in [0.717, 1.165) is 10.7 Å². The third-order valence-electron chi connectivity index (χ3n) is 1.26. The summed E-state index contributed by atoms with van der Waals surface area (Å²) in [4.78, 5) is 6.94. The SMILES string of the molecule is O=S=S1C=Cc2nc[nH]c21. The molecule has 1 aromatic rings. The number of nitrogens with zero attached hydrogens (tertiary/aromatic N) is 1. The molecule has 0 radical (unpaired) electrons. The summed E-state index contributed by atoms with van der Waals surface area (Å²) in [6, 6.07) is 0. The van der Waals surface area contributed by atoms with Crippen molar-refractivity contribution < 1.29 is 4.21 Å². The number of imidazole rings is 1. The number of aromatic nitrogens is 2. The molecule has 1 atom stereocenters. The molecule has 0 saturated heterocycles. The summed E-state index contributed by atoms with van der Waals surface area (Å²) >= 11 is 0. The maximum absolute atomic E-state index is 10.4. The smallest absolute Gasteiger partial charge is 0.131 e. The van der Waals surface area contributed by atoms with E-state index < -0.39 is 0 Å². The van der Waals surface area contributed by atoms with Gasteiger partial charge in [0.2, 0.25) is 0 Å². The Balaban J connectivity index is 2.74. The fourth-order valence-corrected chi connectivity index (χ4v) is 2.73. The Morgan fingerprint density at radius 2 is 2.60 bits per heavy atom. The molecule has 1 N–H and O–H groups in total. The fourth-order valence-electron chi connectivity index (χ4n) is 0.824. The number of H-pyrrole nitrogens is 1. The van der Waals surface area contributed by atoms with Gasteiger partial charge in [0.25, 0.3) is 0 Å². The molecule has 1 aromatic heterocycles. The molecular formula is C5H4N2OS2. The van der Waals surface area contributed by atoms with Crippen LogP contribution in [-0.4, -0.2) is 14.2 Å². The van der Waals surface area contributed by atoms with Crippen molar-refractivity contribution in [1.82, 2.24) is 9.97 Å². The van der Waals surface area contributed by atoms with Crippen LogP contribution in [0.3, 0.4) is 0 Å². The summed E-state index contributed by atoms with van der Waals surface area (Å²) in [5.41, 5.74) is 0.909. The minimum absolute atomic E-state index is 0.316. The average molecular weight is 172 g/mol. The Hall–Kier alpha value is -0.680. The Kier molecular flexibility index (Phi) is 1.32. The molecule has 10 heavy (non-hydrogen) atoms. The van der Waals surface area contributed by atoms with E-state index in [4.69, 9.17) is 0 Å². The van der Waals surface area contributed by atoms with Crippen LogP contribution in [0.4, 0.5) is 0 Å². The van der Waals surface area contributed by atoms with Gasteiger partial charge in [-0.1, -0.05) is 0 Å². The lowest BCUT2D eigenvalue weighted by atomic mass is 10.5. The number of fused-ring (bicyclic) bond motifs is 1. The second-order valence-corrected chi connectivity index (χ2v) is 4.68. The molecule has 3 nitrogen and oxygen atoms in total. The van der Waals surface area contributed by atoms with E-state index in [1.807, 2.05) is 11.5 Å². The van der Waals surface area contributed by atoms with Gasteiger partial charge < -0.3 is 4.98 Å². The van der Waals surface area contributed by atoms with Gasteiger partial charge in [0, 0.05) is 0 Å². The molecule has 0 saturated carbocycles. The van der Waals surface area contributed by atoms with Gasteiger partial charge in [0.05, 0.1) is 12.0 Å². The van der Waals surface area contributed by atoms with Gasteiger partial charge in [-0.3, -0.25) is 0 Å². The number of aromatic amines is 1. The van der Waals surface area contributed by atoms with Crippen LogP contribution in [0.25, 0.3) is 6.08 Å². The molecule has 0 bridgehead atoms. The Morgan fingerprint density at radius 3 is 3.40 bits per heavy atom.